The van der Waals surface area contributed by atoms with Gasteiger partial charge in [0.1, 0.15) is 55.4 Å². The molecule has 0 aliphatic carbocycles. The Morgan fingerprint density at radius 1 is 0.432 bits per heavy atom. The smallest absolute Gasteiger partial charge is 0.306 e. The van der Waals surface area contributed by atoms with Gasteiger partial charge in [0.25, 0.3) is 0 Å². The second kappa shape index (κ2) is 45.5. The average Bonchev–Trinajstić information content (AvgIpc) is 3.39. The van der Waals surface area contributed by atoms with Crippen LogP contribution in [-0.4, -0.2) is 142 Å². The van der Waals surface area contributed by atoms with Gasteiger partial charge in [-0.3, -0.25) is 9.59 Å². The fraction of sp³-hybridized carbons (Fsp3) is 0.831. The van der Waals surface area contributed by atoms with E-state index in [0.717, 1.165) is 64.2 Å². The van der Waals surface area contributed by atoms with Crippen LogP contribution in [-0.2, 0) is 38.0 Å². The van der Waals surface area contributed by atoms with E-state index in [2.05, 4.69) is 62.5 Å². The molecule has 0 aromatic heterocycles. The zero-order valence-electron chi connectivity index (χ0n) is 45.8. The normalized spacial score (nSPS) is 25.0. The molecular formula is C59H104O15. The minimum absolute atomic E-state index is 0.159. The predicted octanol–water partition coefficient (Wildman–Crippen LogP) is 9.83. The topological polar surface area (TPSA) is 231 Å². The Labute approximate surface area is 446 Å². The fourth-order valence-electron chi connectivity index (χ4n) is 8.98. The molecule has 7 N–H and O–H groups in total. The summed E-state index contributed by atoms with van der Waals surface area (Å²) in [7, 11) is 0. The molecule has 4 unspecified atom stereocenters. The number of aliphatic hydroxyl groups excluding tert-OH is 7. The highest BCUT2D eigenvalue weighted by molar-refractivity contribution is 5.70. The zero-order valence-corrected chi connectivity index (χ0v) is 45.8. The van der Waals surface area contributed by atoms with Crippen molar-refractivity contribution in [3.63, 3.8) is 0 Å². The molecule has 0 saturated carbocycles. The molecule has 0 spiro atoms. The molecule has 0 bridgehead atoms. The summed E-state index contributed by atoms with van der Waals surface area (Å²) in [4.78, 5) is 25.9. The standard InChI is InChI=1S/C59H104O15/c1-3-5-7-9-11-13-15-17-19-21-22-23-24-26-28-30-32-34-36-38-40-42-51(62)72-47(44-69-50(61)41-39-37-35-33-31-29-27-25-20-18-16-14-12-10-8-6-4-2)45-70-58-57(68)55(66)53(64)49(74-58)46-71-59-56(67)54(65)52(63)48(43-60)73-59/h12,14,17-20,27,29,47-49,52-60,63-68H,3-11,13,15-16,21-26,28,30-46H2,1-2H3/b14-12+,19-17+,20-18+,29-27+/t47-,48+,49+,52-,53-,54?,55?,56?,57?,58+,59+/m1/s1. The van der Waals surface area contributed by atoms with Crippen LogP contribution in [0.3, 0.4) is 0 Å². The summed E-state index contributed by atoms with van der Waals surface area (Å²) >= 11 is 0. The van der Waals surface area contributed by atoms with Gasteiger partial charge in [0, 0.05) is 12.8 Å². The first-order valence-electron chi connectivity index (χ1n) is 29.2. The molecule has 430 valence electrons. The Hall–Kier alpha value is -2.54. The molecule has 11 atom stereocenters. The van der Waals surface area contributed by atoms with Crippen molar-refractivity contribution < 1.29 is 73.8 Å². The van der Waals surface area contributed by atoms with Crippen LogP contribution >= 0.6 is 0 Å². The number of hydrogen-bond donors (Lipinski definition) is 7. The number of carbonyl (C=O) groups is 2. The molecule has 2 saturated heterocycles. The van der Waals surface area contributed by atoms with Gasteiger partial charge in [0.05, 0.1) is 19.8 Å². The second-order valence-corrected chi connectivity index (χ2v) is 20.5. The number of allylic oxidation sites excluding steroid dienone is 8. The maximum atomic E-state index is 13.1. The Bertz CT molecular complexity index is 1470. The molecule has 74 heavy (non-hydrogen) atoms. The van der Waals surface area contributed by atoms with Crippen molar-refractivity contribution in [1.29, 1.82) is 0 Å². The van der Waals surface area contributed by atoms with E-state index in [0.29, 0.717) is 12.8 Å². The Balaban J connectivity index is 1.76. The highest BCUT2D eigenvalue weighted by Gasteiger charge is 2.47. The third-order valence-electron chi connectivity index (χ3n) is 13.8. The van der Waals surface area contributed by atoms with Gasteiger partial charge in [-0.25, -0.2) is 0 Å². The number of ether oxygens (including phenoxy) is 6. The van der Waals surface area contributed by atoms with Crippen molar-refractivity contribution in [2.24, 2.45) is 0 Å². The first-order chi connectivity index (χ1) is 36.0. The van der Waals surface area contributed by atoms with Gasteiger partial charge in [-0.1, -0.05) is 178 Å². The Morgan fingerprint density at radius 3 is 1.31 bits per heavy atom. The van der Waals surface area contributed by atoms with Crippen molar-refractivity contribution in [2.45, 2.75) is 287 Å². The lowest BCUT2D eigenvalue weighted by Crippen LogP contribution is -2.61. The van der Waals surface area contributed by atoms with E-state index in [1.165, 1.54) is 116 Å². The van der Waals surface area contributed by atoms with Gasteiger partial charge in [-0.15, -0.1) is 0 Å². The van der Waals surface area contributed by atoms with Crippen LogP contribution < -0.4 is 0 Å². The Kier molecular flexibility index (Phi) is 41.5. The minimum Gasteiger partial charge on any atom is -0.462 e. The van der Waals surface area contributed by atoms with Gasteiger partial charge in [-0.05, 0) is 77.0 Å². The predicted molar refractivity (Wildman–Crippen MR) is 289 cm³/mol. The van der Waals surface area contributed by atoms with Crippen LogP contribution in [0.2, 0.25) is 0 Å². The molecule has 15 nitrogen and oxygen atoms in total. The summed E-state index contributed by atoms with van der Waals surface area (Å²) in [5.74, 6) is -0.946. The van der Waals surface area contributed by atoms with Crippen molar-refractivity contribution in [2.75, 3.05) is 26.4 Å². The van der Waals surface area contributed by atoms with Crippen LogP contribution in [0.5, 0.6) is 0 Å². The SMILES string of the molecule is CCCCC/C=C/C/C=C/C/C=C/CCCCCCC(=O)OC[C@H](CO[C@H]1O[C@@H](CO[C@H]2O[C@@H](CO)[C@@H](O)C(O)C2O)[C@@H](O)C(O)C1O)OC(=O)CCCCCCCCCCCCC/C=C/CCCCCCCC. The number of rotatable bonds is 46. The van der Waals surface area contributed by atoms with Gasteiger partial charge in [0.15, 0.2) is 18.7 Å². The molecule has 0 aromatic carbocycles. The molecular weight excluding hydrogens is 949 g/mol. The molecule has 2 aliphatic heterocycles. The highest BCUT2D eigenvalue weighted by Crippen LogP contribution is 2.27. The lowest BCUT2D eigenvalue weighted by atomic mass is 9.98. The van der Waals surface area contributed by atoms with E-state index in [-0.39, 0.29) is 26.1 Å². The van der Waals surface area contributed by atoms with Gasteiger partial charge >= 0.3 is 11.9 Å². The van der Waals surface area contributed by atoms with Crippen molar-refractivity contribution >= 4 is 11.9 Å². The number of carbonyl (C=O) groups excluding carboxylic acids is 2. The molecule has 2 rings (SSSR count). The minimum atomic E-state index is -1.77. The Morgan fingerprint density at radius 2 is 0.811 bits per heavy atom. The third-order valence-corrected chi connectivity index (χ3v) is 13.8. The molecule has 0 aromatic rings. The number of aliphatic hydroxyl groups is 7. The quantitative estimate of drug-likeness (QED) is 0.0171. The van der Waals surface area contributed by atoms with E-state index < -0.39 is 92.7 Å². The number of hydrogen-bond acceptors (Lipinski definition) is 15. The van der Waals surface area contributed by atoms with E-state index in [9.17, 15) is 45.3 Å². The largest absolute Gasteiger partial charge is 0.462 e. The maximum absolute atomic E-state index is 13.1. The summed E-state index contributed by atoms with van der Waals surface area (Å²) in [6.45, 7) is 2.56. The lowest BCUT2D eigenvalue weighted by Gasteiger charge is -2.42. The first kappa shape index (κ1) is 67.6. The summed E-state index contributed by atoms with van der Waals surface area (Å²) in [5, 5.41) is 72.3. The zero-order chi connectivity index (χ0) is 53.9. The second-order valence-electron chi connectivity index (χ2n) is 20.5. The number of unbranched alkanes of at least 4 members (excludes halogenated alkanes) is 24. The lowest BCUT2D eigenvalue weighted by molar-refractivity contribution is -0.332. The monoisotopic (exact) mass is 1050 g/mol. The molecule has 0 amide bonds. The van der Waals surface area contributed by atoms with E-state index in [1.807, 2.05) is 0 Å². The number of esters is 2. The van der Waals surface area contributed by atoms with Crippen LogP contribution in [0.4, 0.5) is 0 Å². The highest BCUT2D eigenvalue weighted by atomic mass is 16.7. The molecule has 0 radical (unpaired) electrons. The van der Waals surface area contributed by atoms with Gasteiger partial charge < -0.3 is 64.2 Å². The van der Waals surface area contributed by atoms with Gasteiger partial charge in [-0.2, -0.15) is 0 Å². The summed E-state index contributed by atoms with van der Waals surface area (Å²) < 4.78 is 33.7. The molecule has 2 aliphatic rings. The van der Waals surface area contributed by atoms with E-state index in [4.69, 9.17) is 28.4 Å². The molecule has 2 heterocycles. The van der Waals surface area contributed by atoms with Crippen molar-refractivity contribution in [3.8, 4) is 0 Å². The van der Waals surface area contributed by atoms with Crippen LogP contribution in [0.1, 0.15) is 219 Å². The molecule has 15 heteroatoms. The molecule has 2 fully saturated rings. The maximum Gasteiger partial charge on any atom is 0.306 e. The van der Waals surface area contributed by atoms with E-state index in [1.54, 1.807) is 0 Å². The summed E-state index contributed by atoms with van der Waals surface area (Å²) in [6.07, 6.45) is 35.5. The average molecular weight is 1050 g/mol. The van der Waals surface area contributed by atoms with E-state index >= 15 is 0 Å². The van der Waals surface area contributed by atoms with Crippen molar-refractivity contribution in [3.05, 3.63) is 48.6 Å². The van der Waals surface area contributed by atoms with Crippen LogP contribution in [0.25, 0.3) is 0 Å². The van der Waals surface area contributed by atoms with Crippen LogP contribution in [0, 0.1) is 0 Å². The fourth-order valence-corrected chi connectivity index (χ4v) is 8.98. The summed E-state index contributed by atoms with van der Waals surface area (Å²) in [6, 6.07) is 0. The third kappa shape index (κ3) is 32.3. The first-order valence-corrected chi connectivity index (χ1v) is 29.2. The summed E-state index contributed by atoms with van der Waals surface area (Å²) in [5.41, 5.74) is 0. The van der Waals surface area contributed by atoms with Crippen LogP contribution in [0.15, 0.2) is 48.6 Å². The van der Waals surface area contributed by atoms with Gasteiger partial charge in [0.2, 0.25) is 0 Å². The van der Waals surface area contributed by atoms with Crippen molar-refractivity contribution in [1.82, 2.24) is 0 Å².